The minimum atomic E-state index is 0.0666. The summed E-state index contributed by atoms with van der Waals surface area (Å²) in [5.74, 6) is 0.0666. The molecule has 1 atom stereocenters. The molecule has 0 saturated carbocycles. The number of likely N-dealkylation sites (N-methyl/N-ethyl adjacent to an activating group) is 2. The molecule has 0 unspecified atom stereocenters. The highest BCUT2D eigenvalue weighted by atomic mass is 16.2. The molecule has 0 fully saturated rings. The SMILES string of the molecule is CN(C[C@H]1Cc2ccccc2CN1C)C(=O)c1ccc(-c2ccccc2)n1C. The van der Waals surface area contributed by atoms with Crippen LogP contribution in [0.15, 0.2) is 66.7 Å². The Hall–Kier alpha value is -2.85. The summed E-state index contributed by atoms with van der Waals surface area (Å²) < 4.78 is 1.99. The highest BCUT2D eigenvalue weighted by Crippen LogP contribution is 2.24. The lowest BCUT2D eigenvalue weighted by molar-refractivity contribution is 0.0724. The molecule has 144 valence electrons. The normalized spacial score (nSPS) is 16.6. The molecular formula is C24H27N3O. The van der Waals surface area contributed by atoms with Crippen LogP contribution in [-0.4, -0.2) is 47.0 Å². The standard InChI is InChI=1S/C24H27N3O/c1-25-16-20-12-8-7-11-19(20)15-21(25)17-26(2)24(28)23-14-13-22(27(23)3)18-9-5-4-6-10-18/h4-14,21H,15-17H2,1-3H3/t21-/m1/s1. The smallest absolute Gasteiger partial charge is 0.270 e. The van der Waals surface area contributed by atoms with Gasteiger partial charge in [-0.15, -0.1) is 0 Å². The third-order valence-electron chi connectivity index (χ3n) is 5.86. The molecule has 1 amide bonds. The lowest BCUT2D eigenvalue weighted by Crippen LogP contribution is -2.46. The first-order valence-corrected chi connectivity index (χ1v) is 9.78. The maximum atomic E-state index is 13.1. The third-order valence-corrected chi connectivity index (χ3v) is 5.86. The molecule has 0 bridgehead atoms. The highest BCUT2D eigenvalue weighted by molar-refractivity contribution is 5.93. The van der Waals surface area contributed by atoms with Crippen LogP contribution in [0.3, 0.4) is 0 Å². The Bertz CT molecular complexity index is 977. The van der Waals surface area contributed by atoms with Crippen molar-refractivity contribution >= 4 is 5.91 Å². The summed E-state index contributed by atoms with van der Waals surface area (Å²) in [6, 6.07) is 23.1. The first-order valence-electron chi connectivity index (χ1n) is 9.78. The Balaban J connectivity index is 1.49. The zero-order valence-electron chi connectivity index (χ0n) is 16.8. The van der Waals surface area contributed by atoms with Crippen LogP contribution in [0.4, 0.5) is 0 Å². The van der Waals surface area contributed by atoms with Crippen molar-refractivity contribution in [3.8, 4) is 11.3 Å². The molecule has 28 heavy (non-hydrogen) atoms. The van der Waals surface area contributed by atoms with Gasteiger partial charge in [0.2, 0.25) is 0 Å². The number of amides is 1. The average Bonchev–Trinajstić information content (AvgIpc) is 3.10. The number of benzene rings is 2. The van der Waals surface area contributed by atoms with Gasteiger partial charge >= 0.3 is 0 Å². The van der Waals surface area contributed by atoms with Crippen molar-refractivity contribution in [2.75, 3.05) is 20.6 Å². The number of fused-ring (bicyclic) bond motifs is 1. The average molecular weight is 374 g/mol. The van der Waals surface area contributed by atoms with Crippen molar-refractivity contribution in [2.45, 2.75) is 19.0 Å². The Kier molecular flexibility index (Phi) is 5.05. The van der Waals surface area contributed by atoms with E-state index in [1.165, 1.54) is 11.1 Å². The molecule has 4 nitrogen and oxygen atoms in total. The van der Waals surface area contributed by atoms with E-state index in [2.05, 4.69) is 48.3 Å². The van der Waals surface area contributed by atoms with Crippen LogP contribution in [0, 0.1) is 0 Å². The maximum Gasteiger partial charge on any atom is 0.270 e. The Morgan fingerprint density at radius 3 is 2.39 bits per heavy atom. The van der Waals surface area contributed by atoms with Gasteiger partial charge in [0.1, 0.15) is 5.69 Å². The van der Waals surface area contributed by atoms with Crippen LogP contribution in [0.1, 0.15) is 21.6 Å². The van der Waals surface area contributed by atoms with Crippen LogP contribution < -0.4 is 0 Å². The molecule has 4 rings (SSSR count). The van der Waals surface area contributed by atoms with Gasteiger partial charge in [-0.05, 0) is 42.3 Å². The second kappa shape index (κ2) is 7.64. The molecule has 4 heteroatoms. The van der Waals surface area contributed by atoms with Gasteiger partial charge in [-0.25, -0.2) is 0 Å². The van der Waals surface area contributed by atoms with Crippen LogP contribution >= 0.6 is 0 Å². The second-order valence-corrected chi connectivity index (χ2v) is 7.76. The molecule has 0 N–H and O–H groups in total. The lowest BCUT2D eigenvalue weighted by atomic mass is 9.94. The summed E-state index contributed by atoms with van der Waals surface area (Å²) in [6.45, 7) is 1.65. The fraction of sp³-hybridized carbons (Fsp3) is 0.292. The monoisotopic (exact) mass is 373 g/mol. The van der Waals surface area contributed by atoms with Crippen molar-refractivity contribution in [1.82, 2.24) is 14.4 Å². The molecule has 0 spiro atoms. The number of hydrogen-bond donors (Lipinski definition) is 0. The fourth-order valence-electron chi connectivity index (χ4n) is 4.14. The summed E-state index contributed by atoms with van der Waals surface area (Å²) in [4.78, 5) is 17.3. The molecule has 2 heterocycles. The number of aromatic nitrogens is 1. The summed E-state index contributed by atoms with van der Waals surface area (Å²) in [5.41, 5.74) is 5.69. The zero-order chi connectivity index (χ0) is 19.7. The minimum absolute atomic E-state index is 0.0666. The van der Waals surface area contributed by atoms with Crippen LogP contribution in [0.2, 0.25) is 0 Å². The van der Waals surface area contributed by atoms with Crippen molar-refractivity contribution in [2.24, 2.45) is 7.05 Å². The quantitative estimate of drug-likeness (QED) is 0.696. The molecule has 2 aromatic carbocycles. The molecule has 0 saturated heterocycles. The number of carbonyl (C=O) groups is 1. The van der Waals surface area contributed by atoms with Crippen LogP contribution in [0.25, 0.3) is 11.3 Å². The fourth-order valence-corrected chi connectivity index (χ4v) is 4.14. The van der Waals surface area contributed by atoms with Crippen molar-refractivity contribution < 1.29 is 4.79 Å². The van der Waals surface area contributed by atoms with E-state index < -0.39 is 0 Å². The van der Waals surface area contributed by atoms with Gasteiger partial charge in [-0.1, -0.05) is 54.6 Å². The molecule has 1 aliphatic rings. The summed E-state index contributed by atoms with van der Waals surface area (Å²) in [6.07, 6.45) is 0.979. The molecule has 1 aliphatic heterocycles. The highest BCUT2D eigenvalue weighted by Gasteiger charge is 2.26. The zero-order valence-corrected chi connectivity index (χ0v) is 16.8. The Morgan fingerprint density at radius 1 is 0.964 bits per heavy atom. The predicted molar refractivity (Wildman–Crippen MR) is 113 cm³/mol. The molecular weight excluding hydrogens is 346 g/mol. The van der Waals surface area contributed by atoms with E-state index in [-0.39, 0.29) is 5.91 Å². The topological polar surface area (TPSA) is 28.5 Å². The van der Waals surface area contributed by atoms with Crippen molar-refractivity contribution in [3.05, 3.63) is 83.6 Å². The van der Waals surface area contributed by atoms with E-state index in [1.54, 1.807) is 0 Å². The van der Waals surface area contributed by atoms with E-state index in [0.29, 0.717) is 6.04 Å². The summed E-state index contributed by atoms with van der Waals surface area (Å²) >= 11 is 0. The van der Waals surface area contributed by atoms with Gasteiger partial charge in [0.25, 0.3) is 5.91 Å². The second-order valence-electron chi connectivity index (χ2n) is 7.76. The van der Waals surface area contributed by atoms with Gasteiger partial charge in [-0.3, -0.25) is 9.69 Å². The van der Waals surface area contributed by atoms with Gasteiger partial charge in [0, 0.05) is 38.9 Å². The predicted octanol–water partition coefficient (Wildman–Crippen LogP) is 3.82. The van der Waals surface area contributed by atoms with Gasteiger partial charge in [0.05, 0.1) is 0 Å². The Morgan fingerprint density at radius 2 is 1.64 bits per heavy atom. The number of rotatable bonds is 4. The molecule has 0 aliphatic carbocycles. The van der Waals surface area contributed by atoms with Gasteiger partial charge < -0.3 is 9.47 Å². The lowest BCUT2D eigenvalue weighted by Gasteiger charge is -2.36. The van der Waals surface area contributed by atoms with Crippen molar-refractivity contribution in [1.29, 1.82) is 0 Å². The maximum absolute atomic E-state index is 13.1. The van der Waals surface area contributed by atoms with E-state index >= 15 is 0 Å². The molecule has 0 radical (unpaired) electrons. The summed E-state index contributed by atoms with van der Waals surface area (Å²) in [5, 5.41) is 0. The first kappa shape index (κ1) is 18.5. The van der Waals surface area contributed by atoms with Crippen LogP contribution in [-0.2, 0) is 20.0 Å². The first-order chi connectivity index (χ1) is 13.5. The van der Waals surface area contributed by atoms with Crippen molar-refractivity contribution in [3.63, 3.8) is 0 Å². The van der Waals surface area contributed by atoms with Gasteiger partial charge in [-0.2, -0.15) is 0 Å². The van der Waals surface area contributed by atoms with E-state index in [4.69, 9.17) is 0 Å². The molecule has 1 aromatic heterocycles. The Labute approximate surface area is 167 Å². The van der Waals surface area contributed by atoms with E-state index in [9.17, 15) is 4.79 Å². The number of carbonyl (C=O) groups excluding carboxylic acids is 1. The van der Waals surface area contributed by atoms with Gasteiger partial charge in [0.15, 0.2) is 0 Å². The van der Waals surface area contributed by atoms with Crippen LogP contribution in [0.5, 0.6) is 0 Å². The third kappa shape index (κ3) is 3.48. The number of hydrogen-bond acceptors (Lipinski definition) is 2. The molecule has 3 aromatic rings. The van der Waals surface area contributed by atoms with E-state index in [0.717, 1.165) is 36.5 Å². The summed E-state index contributed by atoms with van der Waals surface area (Å²) in [7, 11) is 6.02. The number of nitrogens with zero attached hydrogens (tertiary/aromatic N) is 3. The largest absolute Gasteiger partial charge is 0.340 e. The van der Waals surface area contributed by atoms with E-state index in [1.807, 2.05) is 53.9 Å². The minimum Gasteiger partial charge on any atom is -0.340 e.